The van der Waals surface area contributed by atoms with Gasteiger partial charge >= 0.3 is 185 Å². The molecular formula is C13H11N2O6S4Te2+. The van der Waals surface area contributed by atoms with E-state index in [2.05, 4.69) is 0 Å². The minimum absolute atomic E-state index is 0.527. The number of thiophene rings is 2. The molecule has 0 unspecified atom stereocenters. The summed E-state index contributed by atoms with van der Waals surface area (Å²) in [5.74, 6) is -1.05. The SMILES string of the molecule is O=S(=O)(O)CN1C(=Cc2[te]c3sccc3[n+]2CS(=O)(=O)O)[Te]c2sccc21. The van der Waals surface area contributed by atoms with Gasteiger partial charge in [0, 0.05) is 0 Å². The second kappa shape index (κ2) is 7.36. The zero-order valence-electron chi connectivity index (χ0n) is 13.2. The van der Waals surface area contributed by atoms with E-state index < -0.39 is 73.3 Å². The van der Waals surface area contributed by atoms with Crippen molar-refractivity contribution in [3.05, 3.63) is 30.3 Å². The summed E-state index contributed by atoms with van der Waals surface area (Å²) in [7, 11) is -8.43. The number of hydrogen-bond acceptors (Lipinski definition) is 7. The molecule has 4 rings (SSSR count). The van der Waals surface area contributed by atoms with Crippen LogP contribution in [0.25, 0.3) is 14.3 Å². The Hall–Kier alpha value is 0.00922. The molecule has 0 aliphatic carbocycles. The van der Waals surface area contributed by atoms with E-state index >= 15 is 0 Å². The fourth-order valence-corrected chi connectivity index (χ4v) is 14.5. The Kier molecular flexibility index (Phi) is 5.53. The summed E-state index contributed by atoms with van der Waals surface area (Å²) in [5, 5.41) is 3.78. The van der Waals surface area contributed by atoms with Gasteiger partial charge in [-0.2, -0.15) is 0 Å². The van der Waals surface area contributed by atoms with E-state index in [1.165, 1.54) is 0 Å². The van der Waals surface area contributed by atoms with Gasteiger partial charge in [-0.05, 0) is 0 Å². The van der Waals surface area contributed by atoms with Crippen LogP contribution in [0.15, 0.2) is 26.6 Å². The van der Waals surface area contributed by atoms with Gasteiger partial charge in [-0.25, -0.2) is 0 Å². The van der Waals surface area contributed by atoms with Crippen molar-refractivity contribution in [3.63, 3.8) is 0 Å². The molecule has 0 bridgehead atoms. The van der Waals surface area contributed by atoms with Gasteiger partial charge in [0.15, 0.2) is 0 Å². The first-order valence-electron chi connectivity index (χ1n) is 7.15. The molecule has 1 aliphatic heterocycles. The summed E-state index contributed by atoms with van der Waals surface area (Å²) in [6, 6.07) is 3.67. The van der Waals surface area contributed by atoms with Crippen molar-refractivity contribution >= 4 is 107 Å². The summed E-state index contributed by atoms with van der Waals surface area (Å²) < 4.78 is 70.0. The third-order valence-electron chi connectivity index (χ3n) is 3.56. The summed E-state index contributed by atoms with van der Waals surface area (Å²) in [6.07, 6.45) is 1.86. The van der Waals surface area contributed by atoms with Crippen molar-refractivity contribution < 1.29 is 30.5 Å². The molecule has 0 saturated heterocycles. The molecule has 14 heteroatoms. The van der Waals surface area contributed by atoms with E-state index in [9.17, 15) is 25.9 Å². The number of anilines is 1. The zero-order valence-corrected chi connectivity index (χ0v) is 21.1. The Morgan fingerprint density at radius 3 is 2.56 bits per heavy atom. The maximum absolute atomic E-state index is 11.5. The van der Waals surface area contributed by atoms with E-state index in [4.69, 9.17) is 0 Å². The molecule has 0 aromatic carbocycles. The molecule has 144 valence electrons. The Labute approximate surface area is 182 Å². The normalized spacial score (nSPS) is 16.5. The van der Waals surface area contributed by atoms with Crippen LogP contribution in [0, 0.1) is 0 Å². The average molecular weight is 675 g/mol. The Balaban J connectivity index is 1.82. The van der Waals surface area contributed by atoms with E-state index in [1.54, 1.807) is 32.1 Å². The maximum atomic E-state index is 11.5. The van der Waals surface area contributed by atoms with Crippen LogP contribution in [0.1, 0.15) is 3.71 Å². The number of fused-ring (bicyclic) bond motifs is 2. The molecule has 0 fully saturated rings. The van der Waals surface area contributed by atoms with Crippen molar-refractivity contribution in [3.8, 4) is 0 Å². The Morgan fingerprint density at radius 2 is 1.85 bits per heavy atom. The average Bonchev–Trinajstić information content (AvgIpc) is 3.24. The van der Waals surface area contributed by atoms with Crippen molar-refractivity contribution in [1.29, 1.82) is 0 Å². The van der Waals surface area contributed by atoms with Crippen LogP contribution in [0.5, 0.6) is 0 Å². The molecule has 0 spiro atoms. The standard InChI is InChI=1S/C13H10N2O6S4Te2/c16-24(17,18)6-14-8-1-3-22-12(8)26-10(14)5-11-15(7-25(19,20)21)9-2-4-23-13(9)27-11/h1-5H,6-7H2,(H-,16,17,18,19,20,21)/p+1. The molecule has 3 aromatic rings. The summed E-state index contributed by atoms with van der Waals surface area (Å²) in [6.45, 7) is 0. The van der Waals surface area contributed by atoms with Crippen LogP contribution in [-0.2, 0) is 26.1 Å². The molecule has 0 saturated carbocycles. The van der Waals surface area contributed by atoms with Gasteiger partial charge in [-0.3, -0.25) is 0 Å². The molecule has 8 nitrogen and oxygen atoms in total. The van der Waals surface area contributed by atoms with Crippen LogP contribution in [-0.4, -0.2) is 73.2 Å². The first kappa shape index (κ1) is 20.3. The van der Waals surface area contributed by atoms with Gasteiger partial charge in [0.2, 0.25) is 0 Å². The first-order chi connectivity index (χ1) is 12.6. The summed E-state index contributed by atoms with van der Waals surface area (Å²) in [5.41, 5.74) is 1.59. The zero-order chi connectivity index (χ0) is 19.4. The summed E-state index contributed by atoms with van der Waals surface area (Å²) in [4.78, 5) is 1.60. The number of aromatic nitrogens is 1. The van der Waals surface area contributed by atoms with Gasteiger partial charge in [-0.1, -0.05) is 0 Å². The van der Waals surface area contributed by atoms with Crippen LogP contribution >= 0.6 is 22.7 Å². The Morgan fingerprint density at radius 1 is 1.11 bits per heavy atom. The fraction of sp³-hybridized carbons (Fsp3) is 0.154. The van der Waals surface area contributed by atoms with Crippen LogP contribution in [0.3, 0.4) is 0 Å². The number of hydrogen-bond donors (Lipinski definition) is 2. The quantitative estimate of drug-likeness (QED) is 0.225. The number of rotatable bonds is 5. The minimum atomic E-state index is -4.22. The molecule has 1 aliphatic rings. The van der Waals surface area contributed by atoms with Gasteiger partial charge < -0.3 is 0 Å². The van der Waals surface area contributed by atoms with E-state index in [0.29, 0.717) is 0 Å². The molecule has 0 amide bonds. The van der Waals surface area contributed by atoms with Crippen molar-refractivity contribution in [2.75, 3.05) is 10.8 Å². The monoisotopic (exact) mass is 679 g/mol. The second-order valence-corrected chi connectivity index (χ2v) is 17.7. The molecule has 4 heterocycles. The topological polar surface area (TPSA) is 116 Å². The van der Waals surface area contributed by atoms with E-state index in [-0.39, 0.29) is 0 Å². The third kappa shape index (κ3) is 4.46. The van der Waals surface area contributed by atoms with Crippen LogP contribution in [0.2, 0.25) is 0 Å². The molecular weight excluding hydrogens is 664 g/mol. The predicted octanol–water partition coefficient (Wildman–Crippen LogP) is 0.146. The van der Waals surface area contributed by atoms with Gasteiger partial charge in [-0.15, -0.1) is 0 Å². The fourth-order valence-electron chi connectivity index (χ4n) is 2.58. The van der Waals surface area contributed by atoms with Gasteiger partial charge in [0.05, 0.1) is 0 Å². The van der Waals surface area contributed by atoms with Crippen molar-refractivity contribution in [2.24, 2.45) is 0 Å². The Bertz CT molecular complexity index is 1270. The second-order valence-electron chi connectivity index (χ2n) is 5.49. The van der Waals surface area contributed by atoms with Gasteiger partial charge in [0.1, 0.15) is 0 Å². The molecule has 27 heavy (non-hydrogen) atoms. The van der Waals surface area contributed by atoms with E-state index in [1.807, 2.05) is 29.0 Å². The van der Waals surface area contributed by atoms with Crippen molar-refractivity contribution in [2.45, 2.75) is 5.88 Å². The van der Waals surface area contributed by atoms with Crippen LogP contribution in [0.4, 0.5) is 5.69 Å². The first-order valence-corrected chi connectivity index (χ1v) is 16.8. The van der Waals surface area contributed by atoms with E-state index in [0.717, 1.165) is 24.3 Å². The number of nitrogens with zero attached hydrogens (tertiary/aromatic N) is 2. The van der Waals surface area contributed by atoms with Gasteiger partial charge in [0.25, 0.3) is 0 Å². The molecule has 2 N–H and O–H groups in total. The molecule has 0 atom stereocenters. The predicted molar refractivity (Wildman–Crippen MR) is 107 cm³/mol. The van der Waals surface area contributed by atoms with Crippen molar-refractivity contribution in [1.82, 2.24) is 0 Å². The molecule has 3 aromatic heterocycles. The molecule has 0 radical (unpaired) electrons. The third-order valence-corrected chi connectivity index (χ3v) is 14.3. The summed E-state index contributed by atoms with van der Waals surface area (Å²) >= 11 is 1.42. The van der Waals surface area contributed by atoms with Crippen LogP contribution < -0.4 is 12.4 Å².